The van der Waals surface area contributed by atoms with Gasteiger partial charge in [0.1, 0.15) is 5.82 Å². The molecule has 1 aromatic rings. The predicted octanol–water partition coefficient (Wildman–Crippen LogP) is 4.22. The van der Waals surface area contributed by atoms with Gasteiger partial charge in [-0.2, -0.15) is 0 Å². The first-order valence-electron chi connectivity index (χ1n) is 6.41. The van der Waals surface area contributed by atoms with Crippen LogP contribution >= 0.6 is 15.9 Å². The number of nitrogens with one attached hydrogen (secondary N) is 1. The summed E-state index contributed by atoms with van der Waals surface area (Å²) in [5, 5.41) is 3.50. The second-order valence-electron chi connectivity index (χ2n) is 4.70. The molecule has 0 bridgehead atoms. The van der Waals surface area contributed by atoms with Crippen molar-refractivity contribution in [3.8, 4) is 0 Å². The molecular formula is C14H19BrFN. The van der Waals surface area contributed by atoms with Crippen LogP contribution in [-0.4, -0.2) is 12.6 Å². The molecule has 1 aliphatic carbocycles. The smallest absolute Gasteiger partial charge is 0.140 e. The average molecular weight is 300 g/mol. The van der Waals surface area contributed by atoms with Gasteiger partial charge in [0.2, 0.25) is 0 Å². The fourth-order valence-electron chi connectivity index (χ4n) is 2.82. The first-order valence-corrected chi connectivity index (χ1v) is 7.20. The third-order valence-electron chi connectivity index (χ3n) is 3.61. The van der Waals surface area contributed by atoms with Crippen molar-refractivity contribution >= 4 is 15.9 Å². The normalized spacial score (nSPS) is 24.9. The van der Waals surface area contributed by atoms with Gasteiger partial charge in [-0.05, 0) is 46.9 Å². The fourth-order valence-corrected chi connectivity index (χ4v) is 3.20. The molecule has 2 atom stereocenters. The highest BCUT2D eigenvalue weighted by Crippen LogP contribution is 2.36. The Morgan fingerprint density at radius 2 is 2.12 bits per heavy atom. The Bertz CT molecular complexity index is 378. The van der Waals surface area contributed by atoms with E-state index in [1.54, 1.807) is 6.07 Å². The van der Waals surface area contributed by atoms with Crippen LogP contribution in [0.1, 0.15) is 44.1 Å². The maximum atomic E-state index is 14.1. The highest BCUT2D eigenvalue weighted by Gasteiger charge is 2.28. The second kappa shape index (κ2) is 5.96. The van der Waals surface area contributed by atoms with Gasteiger partial charge >= 0.3 is 0 Å². The van der Waals surface area contributed by atoms with Crippen LogP contribution in [0.4, 0.5) is 4.39 Å². The number of rotatable bonds is 3. The Morgan fingerprint density at radius 1 is 1.35 bits per heavy atom. The lowest BCUT2D eigenvalue weighted by Crippen LogP contribution is -2.37. The van der Waals surface area contributed by atoms with Crippen molar-refractivity contribution in [2.24, 2.45) is 0 Å². The van der Waals surface area contributed by atoms with Crippen LogP contribution in [-0.2, 0) is 0 Å². The van der Waals surface area contributed by atoms with E-state index in [-0.39, 0.29) is 5.82 Å². The lowest BCUT2D eigenvalue weighted by molar-refractivity contribution is 0.326. The molecule has 1 aliphatic rings. The number of likely N-dealkylation sites (N-methyl/N-ethyl adjacent to an activating group) is 1. The third kappa shape index (κ3) is 2.89. The average Bonchev–Trinajstić information content (AvgIpc) is 2.34. The quantitative estimate of drug-likeness (QED) is 0.881. The lowest BCUT2D eigenvalue weighted by Gasteiger charge is -2.32. The molecule has 0 spiro atoms. The van der Waals surface area contributed by atoms with Crippen LogP contribution in [0.3, 0.4) is 0 Å². The zero-order chi connectivity index (χ0) is 12.3. The van der Waals surface area contributed by atoms with Crippen molar-refractivity contribution < 1.29 is 4.39 Å². The SMILES string of the molecule is CCNC1CCCCC1c1cccc(Br)c1F. The van der Waals surface area contributed by atoms with Crippen LogP contribution in [0, 0.1) is 5.82 Å². The largest absolute Gasteiger partial charge is 0.314 e. The molecule has 1 N–H and O–H groups in total. The minimum absolute atomic E-state index is 0.0812. The van der Waals surface area contributed by atoms with E-state index < -0.39 is 0 Å². The molecule has 94 valence electrons. The summed E-state index contributed by atoms with van der Waals surface area (Å²) in [4.78, 5) is 0. The van der Waals surface area contributed by atoms with Crippen LogP contribution < -0.4 is 5.32 Å². The van der Waals surface area contributed by atoms with Crippen molar-refractivity contribution in [2.75, 3.05) is 6.54 Å². The minimum Gasteiger partial charge on any atom is -0.314 e. The van der Waals surface area contributed by atoms with Crippen LogP contribution in [0.25, 0.3) is 0 Å². The summed E-state index contributed by atoms with van der Waals surface area (Å²) in [5.41, 5.74) is 0.866. The Balaban J connectivity index is 2.26. The van der Waals surface area contributed by atoms with Crippen LogP contribution in [0.5, 0.6) is 0 Å². The molecule has 2 unspecified atom stereocenters. The van der Waals surface area contributed by atoms with Gasteiger partial charge in [-0.1, -0.05) is 31.9 Å². The van der Waals surface area contributed by atoms with Gasteiger partial charge < -0.3 is 5.32 Å². The molecule has 17 heavy (non-hydrogen) atoms. The minimum atomic E-state index is -0.0812. The van der Waals surface area contributed by atoms with Crippen LogP contribution in [0.2, 0.25) is 0 Å². The maximum absolute atomic E-state index is 14.1. The van der Waals surface area contributed by atoms with Gasteiger partial charge in [0.15, 0.2) is 0 Å². The van der Waals surface area contributed by atoms with E-state index in [4.69, 9.17) is 0 Å². The van der Waals surface area contributed by atoms with E-state index in [9.17, 15) is 4.39 Å². The summed E-state index contributed by atoms with van der Waals surface area (Å²) >= 11 is 3.28. The molecule has 2 rings (SSSR count). The first-order chi connectivity index (χ1) is 8.24. The standard InChI is InChI=1S/C14H19BrFN/c1-2-17-13-9-4-3-6-10(13)11-7-5-8-12(15)14(11)16/h5,7-8,10,13,17H,2-4,6,9H2,1H3. The summed E-state index contributed by atoms with van der Waals surface area (Å²) < 4.78 is 14.7. The van der Waals surface area contributed by atoms with Crippen molar-refractivity contribution in [3.05, 3.63) is 34.1 Å². The second-order valence-corrected chi connectivity index (χ2v) is 5.55. The summed E-state index contributed by atoms with van der Waals surface area (Å²) in [6.07, 6.45) is 4.71. The first kappa shape index (κ1) is 13.0. The zero-order valence-electron chi connectivity index (χ0n) is 10.2. The molecule has 1 saturated carbocycles. The fraction of sp³-hybridized carbons (Fsp3) is 0.571. The molecule has 0 heterocycles. The van der Waals surface area contributed by atoms with Crippen molar-refractivity contribution in [3.63, 3.8) is 0 Å². The molecule has 1 nitrogen and oxygen atoms in total. The van der Waals surface area contributed by atoms with Gasteiger partial charge in [-0.25, -0.2) is 4.39 Å². The Kier molecular flexibility index (Phi) is 4.57. The Hall–Kier alpha value is -0.410. The summed E-state index contributed by atoms with van der Waals surface area (Å²) in [6.45, 7) is 3.07. The van der Waals surface area contributed by atoms with Gasteiger partial charge in [0, 0.05) is 12.0 Å². The van der Waals surface area contributed by atoms with E-state index >= 15 is 0 Å². The molecule has 1 aromatic carbocycles. The van der Waals surface area contributed by atoms with E-state index in [0.717, 1.165) is 24.9 Å². The topological polar surface area (TPSA) is 12.0 Å². The summed E-state index contributed by atoms with van der Waals surface area (Å²) in [6, 6.07) is 6.06. The van der Waals surface area contributed by atoms with Crippen molar-refractivity contribution in [1.29, 1.82) is 0 Å². The van der Waals surface area contributed by atoms with Gasteiger partial charge in [0.25, 0.3) is 0 Å². The summed E-state index contributed by atoms with van der Waals surface area (Å²) in [7, 11) is 0. The number of hydrogen-bond donors (Lipinski definition) is 1. The number of benzene rings is 1. The maximum Gasteiger partial charge on any atom is 0.140 e. The van der Waals surface area contributed by atoms with Crippen molar-refractivity contribution in [2.45, 2.75) is 44.6 Å². The van der Waals surface area contributed by atoms with E-state index in [1.165, 1.54) is 12.8 Å². The van der Waals surface area contributed by atoms with Crippen LogP contribution in [0.15, 0.2) is 22.7 Å². The molecular weight excluding hydrogens is 281 g/mol. The van der Waals surface area contributed by atoms with Gasteiger partial charge in [0.05, 0.1) is 4.47 Å². The number of hydrogen-bond acceptors (Lipinski definition) is 1. The molecule has 0 radical (unpaired) electrons. The van der Waals surface area contributed by atoms with E-state index in [2.05, 4.69) is 28.2 Å². The van der Waals surface area contributed by atoms with Crippen molar-refractivity contribution in [1.82, 2.24) is 5.32 Å². The molecule has 0 aliphatic heterocycles. The summed E-state index contributed by atoms with van der Waals surface area (Å²) in [5.74, 6) is 0.239. The molecule has 0 aromatic heterocycles. The third-order valence-corrected chi connectivity index (χ3v) is 4.23. The monoisotopic (exact) mass is 299 g/mol. The van der Waals surface area contributed by atoms with Gasteiger partial charge in [-0.15, -0.1) is 0 Å². The highest BCUT2D eigenvalue weighted by molar-refractivity contribution is 9.10. The lowest BCUT2D eigenvalue weighted by atomic mass is 9.80. The molecule has 1 fully saturated rings. The molecule has 0 amide bonds. The zero-order valence-corrected chi connectivity index (χ0v) is 11.8. The Morgan fingerprint density at radius 3 is 2.88 bits per heavy atom. The highest BCUT2D eigenvalue weighted by atomic mass is 79.9. The van der Waals surface area contributed by atoms with E-state index in [0.29, 0.717) is 16.4 Å². The molecule has 3 heteroatoms. The Labute approximate surface area is 111 Å². The van der Waals surface area contributed by atoms with Gasteiger partial charge in [-0.3, -0.25) is 0 Å². The predicted molar refractivity (Wildman–Crippen MR) is 72.8 cm³/mol. The number of halogens is 2. The van der Waals surface area contributed by atoms with E-state index in [1.807, 2.05) is 12.1 Å². The molecule has 0 saturated heterocycles.